The Kier molecular flexibility index (Phi) is 5.78. The summed E-state index contributed by atoms with van der Waals surface area (Å²) in [4.78, 5) is 41.0. The Morgan fingerprint density at radius 1 is 1.26 bits per heavy atom. The zero-order chi connectivity index (χ0) is 19.3. The normalized spacial score (nSPS) is 20.5. The number of rotatable bonds is 2. The van der Waals surface area contributed by atoms with Crippen molar-refractivity contribution in [1.82, 2.24) is 15.2 Å². The van der Waals surface area contributed by atoms with E-state index < -0.39 is 0 Å². The maximum Gasteiger partial charge on any atom is 0.407 e. The molecule has 0 radical (unpaired) electrons. The summed E-state index contributed by atoms with van der Waals surface area (Å²) in [6, 6.07) is 3.69. The molecule has 0 bridgehead atoms. The minimum absolute atomic E-state index is 0.0739. The van der Waals surface area contributed by atoms with Crippen LogP contribution < -0.4 is 10.2 Å². The number of pyridine rings is 1. The number of piperidine rings is 1. The second kappa shape index (κ2) is 8.24. The van der Waals surface area contributed by atoms with Crippen LogP contribution in [0.4, 0.5) is 10.6 Å². The van der Waals surface area contributed by atoms with E-state index in [0.717, 1.165) is 57.7 Å². The summed E-state index contributed by atoms with van der Waals surface area (Å²) in [5.41, 5.74) is 0.290. The number of hydrogen-bond acceptors (Lipinski definition) is 6. The van der Waals surface area contributed by atoms with Crippen LogP contribution in [0, 0.1) is 0 Å². The zero-order valence-electron chi connectivity index (χ0n) is 15.1. The van der Waals surface area contributed by atoms with Gasteiger partial charge in [-0.2, -0.15) is 0 Å². The molecule has 146 valence electrons. The Morgan fingerprint density at radius 2 is 1.93 bits per heavy atom. The topological polar surface area (TPSA) is 112 Å². The number of nitrogens with zero attached hydrogens (tertiary/aromatic N) is 3. The molecule has 0 unspecified atom stereocenters. The third kappa shape index (κ3) is 4.12. The molecule has 2 N–H and O–H groups in total. The first-order chi connectivity index (χ1) is 13.1. The molecular formula is C18H24N4O5. The number of ether oxygens (including phenoxy) is 1. The summed E-state index contributed by atoms with van der Waals surface area (Å²) in [7, 11) is 0. The van der Waals surface area contributed by atoms with Gasteiger partial charge in [0, 0.05) is 45.2 Å². The van der Waals surface area contributed by atoms with Crippen LogP contribution in [-0.2, 0) is 9.53 Å². The Hall–Kier alpha value is -2.84. The Bertz CT molecular complexity index is 697. The van der Waals surface area contributed by atoms with Crippen LogP contribution in [-0.4, -0.2) is 71.8 Å². The van der Waals surface area contributed by atoms with Crippen molar-refractivity contribution in [2.75, 3.05) is 37.6 Å². The van der Waals surface area contributed by atoms with Crippen molar-refractivity contribution in [2.24, 2.45) is 0 Å². The van der Waals surface area contributed by atoms with E-state index in [1.807, 2.05) is 17.0 Å². The van der Waals surface area contributed by atoms with Crippen molar-refractivity contribution in [3.8, 4) is 0 Å². The third-order valence-corrected chi connectivity index (χ3v) is 5.25. The maximum atomic E-state index is 12.8. The molecule has 3 aliphatic heterocycles. The van der Waals surface area contributed by atoms with Crippen molar-refractivity contribution < 1.29 is 24.2 Å². The first-order valence-electron chi connectivity index (χ1n) is 9.12. The Balaban J connectivity index is 0.000000659. The molecule has 2 amide bonds. The highest BCUT2D eigenvalue weighted by atomic mass is 16.6. The first kappa shape index (κ1) is 18.9. The van der Waals surface area contributed by atoms with Crippen LogP contribution in [0.3, 0.4) is 0 Å². The fraction of sp³-hybridized carbons (Fsp3) is 0.556. The molecule has 3 saturated heterocycles. The fourth-order valence-electron chi connectivity index (χ4n) is 3.81. The van der Waals surface area contributed by atoms with Gasteiger partial charge in [-0.3, -0.25) is 9.59 Å². The molecule has 1 spiro atoms. The highest BCUT2D eigenvalue weighted by Crippen LogP contribution is 2.32. The van der Waals surface area contributed by atoms with E-state index in [0.29, 0.717) is 12.1 Å². The Morgan fingerprint density at radius 3 is 2.52 bits per heavy atom. The lowest BCUT2D eigenvalue weighted by Gasteiger charge is -2.38. The summed E-state index contributed by atoms with van der Waals surface area (Å²) in [5, 5.41) is 9.63. The van der Waals surface area contributed by atoms with Gasteiger partial charge in [-0.25, -0.2) is 9.78 Å². The summed E-state index contributed by atoms with van der Waals surface area (Å²) in [6.07, 6.45) is 5.06. The predicted molar refractivity (Wildman–Crippen MR) is 96.7 cm³/mol. The average Bonchev–Trinajstić information content (AvgIpc) is 3.33. The van der Waals surface area contributed by atoms with Crippen molar-refractivity contribution in [2.45, 2.75) is 31.3 Å². The molecule has 0 aromatic carbocycles. The van der Waals surface area contributed by atoms with Crippen molar-refractivity contribution in [1.29, 1.82) is 0 Å². The third-order valence-electron chi connectivity index (χ3n) is 5.25. The van der Waals surface area contributed by atoms with Crippen LogP contribution in [0.15, 0.2) is 18.3 Å². The molecule has 9 heteroatoms. The molecule has 27 heavy (non-hydrogen) atoms. The minimum atomic E-state index is -0.387. The second-order valence-corrected chi connectivity index (χ2v) is 6.89. The van der Waals surface area contributed by atoms with Gasteiger partial charge >= 0.3 is 6.09 Å². The van der Waals surface area contributed by atoms with Gasteiger partial charge in [0.1, 0.15) is 11.4 Å². The van der Waals surface area contributed by atoms with Gasteiger partial charge in [-0.15, -0.1) is 0 Å². The molecule has 1 aromatic rings. The molecule has 0 atom stereocenters. The number of alkyl carbamates (subject to hydrolysis) is 1. The highest BCUT2D eigenvalue weighted by molar-refractivity contribution is 5.99. The van der Waals surface area contributed by atoms with Crippen molar-refractivity contribution in [3.63, 3.8) is 0 Å². The molecule has 1 aromatic heterocycles. The number of nitrogens with one attached hydrogen (secondary N) is 1. The van der Waals surface area contributed by atoms with Crippen molar-refractivity contribution >= 4 is 24.3 Å². The van der Waals surface area contributed by atoms with Crippen LogP contribution in [0.1, 0.15) is 36.0 Å². The van der Waals surface area contributed by atoms with Gasteiger partial charge in [-0.05, 0) is 25.0 Å². The Labute approximate surface area is 157 Å². The number of hydrogen-bond donors (Lipinski definition) is 2. The maximum absolute atomic E-state index is 12.8. The molecule has 3 fully saturated rings. The molecular weight excluding hydrogens is 352 g/mol. The molecule has 3 aliphatic rings. The van der Waals surface area contributed by atoms with E-state index >= 15 is 0 Å². The molecule has 4 rings (SSSR count). The predicted octanol–water partition coefficient (Wildman–Crippen LogP) is 1.10. The van der Waals surface area contributed by atoms with Gasteiger partial charge in [0.15, 0.2) is 0 Å². The van der Waals surface area contributed by atoms with Gasteiger partial charge < -0.3 is 25.0 Å². The van der Waals surface area contributed by atoms with Gasteiger partial charge in [0.05, 0.1) is 12.1 Å². The molecule has 0 aliphatic carbocycles. The number of carbonyl (C=O) groups excluding carboxylic acids is 2. The van der Waals surface area contributed by atoms with E-state index in [2.05, 4.69) is 15.2 Å². The van der Waals surface area contributed by atoms with Crippen LogP contribution in [0.5, 0.6) is 0 Å². The SMILES string of the molecule is O=C1NCC2(CCN(c3ncccc3C(=O)N3CCCC3)CC2)O1.O=CO. The standard InChI is InChI=1S/C17H22N4O3.CH2O2/c22-15(21-8-1-2-9-21)13-4-3-7-18-14(13)20-10-5-17(6-11-20)12-19-16(23)24-17;2-1-3/h3-4,7H,1-2,5-6,8-12H2,(H,19,23);1H,(H,2,3). The second-order valence-electron chi connectivity index (χ2n) is 6.89. The van der Waals surface area contributed by atoms with E-state index in [1.54, 1.807) is 6.20 Å². The van der Waals surface area contributed by atoms with Gasteiger partial charge in [-0.1, -0.05) is 0 Å². The van der Waals surface area contributed by atoms with Crippen LogP contribution in [0.25, 0.3) is 0 Å². The van der Waals surface area contributed by atoms with Crippen LogP contribution in [0.2, 0.25) is 0 Å². The van der Waals surface area contributed by atoms with Crippen molar-refractivity contribution in [3.05, 3.63) is 23.9 Å². The summed E-state index contributed by atoms with van der Waals surface area (Å²) in [5.74, 6) is 0.825. The molecule has 0 saturated carbocycles. The van der Waals surface area contributed by atoms with E-state index in [9.17, 15) is 9.59 Å². The smallest absolute Gasteiger partial charge is 0.407 e. The van der Waals surface area contributed by atoms with E-state index in [-0.39, 0.29) is 24.1 Å². The quantitative estimate of drug-likeness (QED) is 0.743. The molecule has 4 heterocycles. The number of carboxylic acid groups (broad SMARTS) is 1. The number of anilines is 1. The summed E-state index contributed by atoms with van der Waals surface area (Å²) in [6.45, 7) is 3.44. The fourth-order valence-corrected chi connectivity index (χ4v) is 3.81. The highest BCUT2D eigenvalue weighted by Gasteiger charge is 2.43. The van der Waals surface area contributed by atoms with E-state index in [1.165, 1.54) is 0 Å². The first-order valence-corrected chi connectivity index (χ1v) is 9.12. The lowest BCUT2D eigenvalue weighted by molar-refractivity contribution is -0.122. The van der Waals surface area contributed by atoms with Gasteiger partial charge in [0.25, 0.3) is 12.4 Å². The average molecular weight is 376 g/mol. The number of aromatic nitrogens is 1. The largest absolute Gasteiger partial charge is 0.483 e. The van der Waals surface area contributed by atoms with E-state index in [4.69, 9.17) is 14.6 Å². The summed E-state index contributed by atoms with van der Waals surface area (Å²) >= 11 is 0. The minimum Gasteiger partial charge on any atom is -0.483 e. The number of amides is 2. The summed E-state index contributed by atoms with van der Waals surface area (Å²) < 4.78 is 5.46. The number of carbonyl (C=O) groups is 3. The van der Waals surface area contributed by atoms with Gasteiger partial charge in [0.2, 0.25) is 0 Å². The lowest BCUT2D eigenvalue weighted by Crippen LogP contribution is -2.47. The number of likely N-dealkylation sites (tertiary alicyclic amines) is 1. The monoisotopic (exact) mass is 376 g/mol. The lowest BCUT2D eigenvalue weighted by atomic mass is 9.91. The zero-order valence-corrected chi connectivity index (χ0v) is 15.1. The molecule has 9 nitrogen and oxygen atoms in total. The van der Waals surface area contributed by atoms with Crippen LogP contribution >= 0.6 is 0 Å².